The van der Waals surface area contributed by atoms with E-state index < -0.39 is 30.2 Å². The Labute approximate surface area is 94.0 Å². The number of hydrogen-bond acceptors (Lipinski definition) is 3. The fourth-order valence-electron chi connectivity index (χ4n) is 1.03. The summed E-state index contributed by atoms with van der Waals surface area (Å²) in [4.78, 5) is 22.0. The molecule has 0 aromatic rings. The average molecular weight is 235 g/mol. The lowest BCUT2D eigenvalue weighted by Gasteiger charge is -2.27. The lowest BCUT2D eigenvalue weighted by molar-refractivity contribution is -0.142. The zero-order chi connectivity index (χ0) is 12.8. The minimum absolute atomic E-state index is 0.0567. The van der Waals surface area contributed by atoms with Crippen LogP contribution in [0.3, 0.4) is 0 Å². The Balaban J connectivity index is 4.21. The fraction of sp³-hybridized carbons (Fsp3) is 0.800. The van der Waals surface area contributed by atoms with Crippen molar-refractivity contribution in [1.82, 2.24) is 5.32 Å². The number of carboxylic acid groups (broad SMARTS) is 1. The molecule has 0 spiro atoms. The van der Waals surface area contributed by atoms with Crippen molar-refractivity contribution in [3.63, 3.8) is 0 Å². The third kappa shape index (κ3) is 5.53. The summed E-state index contributed by atoms with van der Waals surface area (Å²) < 4.78 is 16.3. The topological polar surface area (TPSA) is 75.6 Å². The standard InChI is InChI=1S/C10H18FNO4/c1-10(2,3)7(8(13)14)12-9(15)16-6-4-5-11/h7H,4-6H2,1-3H3,(H,12,15)(H,13,14)/t7-/m1/s1. The molecule has 0 aromatic heterocycles. The summed E-state index contributed by atoms with van der Waals surface area (Å²) in [6.07, 6.45) is -0.725. The number of ether oxygens (including phenoxy) is 1. The van der Waals surface area contributed by atoms with Gasteiger partial charge in [-0.05, 0) is 5.41 Å². The number of amides is 1. The number of rotatable bonds is 5. The Hall–Kier alpha value is -1.33. The number of carbonyl (C=O) groups is 2. The van der Waals surface area contributed by atoms with Gasteiger partial charge >= 0.3 is 12.1 Å². The molecule has 2 N–H and O–H groups in total. The Morgan fingerprint density at radius 2 is 2.00 bits per heavy atom. The first kappa shape index (κ1) is 14.7. The molecule has 0 unspecified atom stereocenters. The number of halogens is 1. The van der Waals surface area contributed by atoms with Crippen molar-refractivity contribution < 1.29 is 23.8 Å². The molecule has 1 amide bonds. The van der Waals surface area contributed by atoms with Crippen LogP contribution in [0.1, 0.15) is 27.2 Å². The largest absolute Gasteiger partial charge is 0.480 e. The molecule has 1 atom stereocenters. The van der Waals surface area contributed by atoms with Gasteiger partial charge in [-0.2, -0.15) is 0 Å². The van der Waals surface area contributed by atoms with Gasteiger partial charge in [-0.25, -0.2) is 9.59 Å². The molecule has 0 aromatic carbocycles. The second-order valence-electron chi connectivity index (χ2n) is 4.46. The van der Waals surface area contributed by atoms with E-state index in [-0.39, 0.29) is 13.0 Å². The molecule has 0 bridgehead atoms. The van der Waals surface area contributed by atoms with Crippen molar-refractivity contribution in [3.05, 3.63) is 0 Å². The molecule has 0 fully saturated rings. The predicted molar refractivity (Wildman–Crippen MR) is 56.0 cm³/mol. The highest BCUT2D eigenvalue weighted by Gasteiger charge is 2.32. The van der Waals surface area contributed by atoms with Crippen LogP contribution in [0.25, 0.3) is 0 Å². The van der Waals surface area contributed by atoms with Crippen molar-refractivity contribution in [2.45, 2.75) is 33.2 Å². The molecule has 0 saturated carbocycles. The normalized spacial score (nSPS) is 13.0. The number of carboxylic acids is 1. The van der Waals surface area contributed by atoms with Gasteiger partial charge in [0, 0.05) is 6.42 Å². The Kier molecular flexibility index (Phi) is 5.77. The summed E-state index contributed by atoms with van der Waals surface area (Å²) in [5.41, 5.74) is -0.620. The minimum atomic E-state index is -1.13. The molecule has 0 aliphatic carbocycles. The predicted octanol–water partition coefficient (Wildman–Crippen LogP) is 1.57. The number of alkyl carbamates (subject to hydrolysis) is 1. The number of aliphatic carboxylic acids is 1. The molecule has 5 nitrogen and oxygen atoms in total. The van der Waals surface area contributed by atoms with E-state index in [4.69, 9.17) is 5.11 Å². The van der Waals surface area contributed by atoms with Crippen LogP contribution in [0.15, 0.2) is 0 Å². The first-order chi connectivity index (χ1) is 7.29. The van der Waals surface area contributed by atoms with Crippen LogP contribution in [0.4, 0.5) is 9.18 Å². The van der Waals surface area contributed by atoms with Crippen LogP contribution in [0.5, 0.6) is 0 Å². The molecule has 0 saturated heterocycles. The van der Waals surface area contributed by atoms with Crippen LogP contribution in [-0.4, -0.2) is 36.5 Å². The van der Waals surface area contributed by atoms with E-state index in [1.807, 2.05) is 0 Å². The second-order valence-corrected chi connectivity index (χ2v) is 4.46. The SMILES string of the molecule is CC(C)(C)[C@H](NC(=O)OCCCF)C(=O)O. The molecular weight excluding hydrogens is 217 g/mol. The van der Waals surface area contributed by atoms with Crippen LogP contribution in [0.2, 0.25) is 0 Å². The zero-order valence-corrected chi connectivity index (χ0v) is 9.75. The van der Waals surface area contributed by atoms with E-state index in [1.165, 1.54) is 0 Å². The molecule has 0 heterocycles. The van der Waals surface area contributed by atoms with Gasteiger partial charge in [-0.3, -0.25) is 4.39 Å². The number of nitrogens with one attached hydrogen (secondary N) is 1. The lowest BCUT2D eigenvalue weighted by Crippen LogP contribution is -2.49. The molecule has 0 rings (SSSR count). The molecule has 94 valence electrons. The zero-order valence-electron chi connectivity index (χ0n) is 9.75. The summed E-state index contributed by atoms with van der Waals surface area (Å²) in [6.45, 7) is 4.43. The van der Waals surface area contributed by atoms with Crippen molar-refractivity contribution >= 4 is 12.1 Å². The number of carbonyl (C=O) groups excluding carboxylic acids is 1. The maximum atomic E-state index is 11.7. The first-order valence-electron chi connectivity index (χ1n) is 5.01. The summed E-state index contributed by atoms with van der Waals surface area (Å²) in [7, 11) is 0. The first-order valence-corrected chi connectivity index (χ1v) is 5.01. The summed E-state index contributed by atoms with van der Waals surface area (Å²) in [5.74, 6) is -1.13. The highest BCUT2D eigenvalue weighted by atomic mass is 19.1. The quantitative estimate of drug-likeness (QED) is 0.709. The van der Waals surface area contributed by atoms with Crippen molar-refractivity contribution in [2.24, 2.45) is 5.41 Å². The molecule has 0 aliphatic rings. The average Bonchev–Trinajstić information content (AvgIpc) is 2.12. The van der Waals surface area contributed by atoms with Crippen molar-refractivity contribution in [1.29, 1.82) is 0 Å². The van der Waals surface area contributed by atoms with Crippen molar-refractivity contribution in [2.75, 3.05) is 13.3 Å². The van der Waals surface area contributed by atoms with Gasteiger partial charge in [-0.15, -0.1) is 0 Å². The summed E-state index contributed by atoms with van der Waals surface area (Å²) in [6, 6.07) is -1.04. The van der Waals surface area contributed by atoms with E-state index in [0.717, 1.165) is 0 Å². The monoisotopic (exact) mass is 235 g/mol. The molecule has 0 radical (unpaired) electrons. The maximum Gasteiger partial charge on any atom is 0.407 e. The highest BCUT2D eigenvalue weighted by Crippen LogP contribution is 2.19. The second kappa shape index (κ2) is 6.30. The van der Waals surface area contributed by atoms with E-state index in [2.05, 4.69) is 10.1 Å². The molecule has 0 aliphatic heterocycles. The van der Waals surface area contributed by atoms with Gasteiger partial charge in [-0.1, -0.05) is 20.8 Å². The summed E-state index contributed by atoms with van der Waals surface area (Å²) >= 11 is 0. The van der Waals surface area contributed by atoms with Gasteiger partial charge in [0.25, 0.3) is 0 Å². The van der Waals surface area contributed by atoms with E-state index in [9.17, 15) is 14.0 Å². The van der Waals surface area contributed by atoms with Crippen LogP contribution >= 0.6 is 0 Å². The smallest absolute Gasteiger partial charge is 0.407 e. The lowest BCUT2D eigenvalue weighted by atomic mass is 9.87. The van der Waals surface area contributed by atoms with Gasteiger partial charge in [0.15, 0.2) is 0 Å². The van der Waals surface area contributed by atoms with Gasteiger partial charge < -0.3 is 15.2 Å². The van der Waals surface area contributed by atoms with Crippen LogP contribution in [-0.2, 0) is 9.53 Å². The van der Waals surface area contributed by atoms with E-state index >= 15 is 0 Å². The van der Waals surface area contributed by atoms with Gasteiger partial charge in [0.1, 0.15) is 6.04 Å². The minimum Gasteiger partial charge on any atom is -0.480 e. The van der Waals surface area contributed by atoms with Crippen LogP contribution < -0.4 is 5.32 Å². The molecule has 6 heteroatoms. The van der Waals surface area contributed by atoms with Gasteiger partial charge in [0.2, 0.25) is 0 Å². The van der Waals surface area contributed by atoms with Crippen LogP contribution in [0, 0.1) is 5.41 Å². The Bertz CT molecular complexity index is 250. The Morgan fingerprint density at radius 1 is 1.44 bits per heavy atom. The molecule has 16 heavy (non-hydrogen) atoms. The number of hydrogen-bond donors (Lipinski definition) is 2. The fourth-order valence-corrected chi connectivity index (χ4v) is 1.03. The third-order valence-corrected chi connectivity index (χ3v) is 1.89. The van der Waals surface area contributed by atoms with E-state index in [0.29, 0.717) is 0 Å². The maximum absolute atomic E-state index is 11.7. The molecular formula is C10H18FNO4. The van der Waals surface area contributed by atoms with Gasteiger partial charge in [0.05, 0.1) is 13.3 Å². The van der Waals surface area contributed by atoms with E-state index in [1.54, 1.807) is 20.8 Å². The Morgan fingerprint density at radius 3 is 2.38 bits per heavy atom. The third-order valence-electron chi connectivity index (χ3n) is 1.89. The number of alkyl halides is 1. The van der Waals surface area contributed by atoms with Crippen molar-refractivity contribution in [3.8, 4) is 0 Å². The highest BCUT2D eigenvalue weighted by molar-refractivity contribution is 5.80. The summed E-state index contributed by atoms with van der Waals surface area (Å²) in [5, 5.41) is 11.1.